The summed E-state index contributed by atoms with van der Waals surface area (Å²) < 4.78 is 44.2. The number of aliphatic hydroxyl groups is 1. The average Bonchev–Trinajstić information content (AvgIpc) is 3.03. The number of benzene rings is 2. The Balaban J connectivity index is 2.22. The lowest BCUT2D eigenvalue weighted by molar-refractivity contribution is 0.0964. The molecule has 0 fully saturated rings. The van der Waals surface area contributed by atoms with E-state index in [4.69, 9.17) is 4.42 Å². The van der Waals surface area contributed by atoms with Gasteiger partial charge in [0.05, 0.1) is 30.7 Å². The molecule has 0 aliphatic rings. The Labute approximate surface area is 161 Å². The molecule has 1 aromatic heterocycles. The van der Waals surface area contributed by atoms with Crippen LogP contribution in [0.3, 0.4) is 0 Å². The van der Waals surface area contributed by atoms with Crippen LogP contribution in [-0.2, 0) is 10.0 Å². The van der Waals surface area contributed by atoms with Crippen molar-refractivity contribution < 1.29 is 27.1 Å². The lowest BCUT2D eigenvalue weighted by Gasteiger charge is -2.21. The van der Waals surface area contributed by atoms with Gasteiger partial charge in [0.2, 0.25) is 10.0 Å². The van der Waals surface area contributed by atoms with Gasteiger partial charge in [-0.2, -0.15) is 0 Å². The predicted octanol–water partition coefficient (Wildman–Crippen LogP) is 2.36. The molecule has 0 bridgehead atoms. The van der Waals surface area contributed by atoms with E-state index in [2.05, 4.69) is 5.32 Å². The smallest absolute Gasteiger partial charge is 0.255 e. The van der Waals surface area contributed by atoms with Gasteiger partial charge in [-0.1, -0.05) is 0 Å². The quantitative estimate of drug-likeness (QED) is 0.655. The van der Waals surface area contributed by atoms with Gasteiger partial charge in [-0.05, 0) is 36.4 Å². The van der Waals surface area contributed by atoms with Gasteiger partial charge in [-0.15, -0.1) is 0 Å². The van der Waals surface area contributed by atoms with Crippen molar-refractivity contribution in [2.24, 2.45) is 0 Å². The highest BCUT2D eigenvalue weighted by Gasteiger charge is 2.24. The summed E-state index contributed by atoms with van der Waals surface area (Å²) >= 11 is 0. The van der Waals surface area contributed by atoms with Crippen LogP contribution >= 0.6 is 0 Å². The number of nitrogens with one attached hydrogen (secondary N) is 1. The zero-order valence-electron chi connectivity index (χ0n) is 15.3. The maximum atomic E-state index is 13.3. The van der Waals surface area contributed by atoms with E-state index in [1.54, 1.807) is 6.07 Å². The standard InChI is InChI=1S/C19H19FN2O5S/c1-21-19(24)17-15-8-7-14(22(9-10-23)28(2,25)26)11-16(15)27-18(17)12-3-5-13(20)6-4-12/h3-8,11,23H,9-10H2,1-2H3,(H,21,24). The van der Waals surface area contributed by atoms with Gasteiger partial charge in [0.25, 0.3) is 5.91 Å². The number of carbonyl (C=O) groups is 1. The Hall–Kier alpha value is -2.91. The number of amides is 1. The van der Waals surface area contributed by atoms with Crippen molar-refractivity contribution in [3.05, 3.63) is 53.8 Å². The molecule has 0 saturated carbocycles. The Morgan fingerprint density at radius 2 is 1.89 bits per heavy atom. The van der Waals surface area contributed by atoms with Gasteiger partial charge in [0.15, 0.2) is 0 Å². The van der Waals surface area contributed by atoms with Crippen LogP contribution in [0.25, 0.3) is 22.3 Å². The molecule has 0 unspecified atom stereocenters. The summed E-state index contributed by atoms with van der Waals surface area (Å²) in [6.07, 6.45) is 1.04. The van der Waals surface area contributed by atoms with Crippen molar-refractivity contribution in [1.82, 2.24) is 5.32 Å². The van der Waals surface area contributed by atoms with E-state index < -0.39 is 15.8 Å². The Morgan fingerprint density at radius 1 is 1.21 bits per heavy atom. The molecule has 148 valence electrons. The topological polar surface area (TPSA) is 99.8 Å². The molecule has 7 nitrogen and oxygen atoms in total. The first-order valence-corrected chi connectivity index (χ1v) is 10.2. The molecule has 0 aliphatic heterocycles. The molecule has 0 atom stereocenters. The summed E-state index contributed by atoms with van der Waals surface area (Å²) in [4.78, 5) is 12.4. The molecule has 0 aliphatic carbocycles. The van der Waals surface area contributed by atoms with Crippen LogP contribution in [0.2, 0.25) is 0 Å². The largest absolute Gasteiger partial charge is 0.455 e. The minimum absolute atomic E-state index is 0.113. The number of rotatable bonds is 6. The Kier molecular flexibility index (Phi) is 5.39. The fraction of sp³-hybridized carbons (Fsp3) is 0.211. The number of aliphatic hydroxyl groups excluding tert-OH is 1. The van der Waals surface area contributed by atoms with Crippen LogP contribution in [0, 0.1) is 5.82 Å². The van der Waals surface area contributed by atoms with E-state index >= 15 is 0 Å². The molecule has 2 aromatic carbocycles. The minimum Gasteiger partial charge on any atom is -0.455 e. The van der Waals surface area contributed by atoms with Gasteiger partial charge < -0.3 is 14.8 Å². The molecule has 28 heavy (non-hydrogen) atoms. The third kappa shape index (κ3) is 3.71. The molecule has 0 spiro atoms. The van der Waals surface area contributed by atoms with Crippen LogP contribution in [0.15, 0.2) is 46.9 Å². The fourth-order valence-corrected chi connectivity index (χ4v) is 3.88. The van der Waals surface area contributed by atoms with Crippen molar-refractivity contribution in [2.45, 2.75) is 0 Å². The lowest BCUT2D eigenvalue weighted by Crippen LogP contribution is -2.32. The highest BCUT2D eigenvalue weighted by atomic mass is 32.2. The maximum Gasteiger partial charge on any atom is 0.255 e. The van der Waals surface area contributed by atoms with E-state index in [1.165, 1.54) is 43.4 Å². The highest BCUT2D eigenvalue weighted by Crippen LogP contribution is 2.36. The number of furan rings is 1. The van der Waals surface area contributed by atoms with Gasteiger partial charge in [0.1, 0.15) is 17.2 Å². The minimum atomic E-state index is -3.62. The number of anilines is 1. The van der Waals surface area contributed by atoms with Crippen molar-refractivity contribution in [3.8, 4) is 11.3 Å². The monoisotopic (exact) mass is 406 g/mol. The first kappa shape index (κ1) is 19.8. The molecule has 9 heteroatoms. The van der Waals surface area contributed by atoms with E-state index in [0.29, 0.717) is 22.2 Å². The number of nitrogens with zero attached hydrogens (tertiary/aromatic N) is 1. The van der Waals surface area contributed by atoms with Gasteiger partial charge in [-0.25, -0.2) is 12.8 Å². The van der Waals surface area contributed by atoms with Gasteiger partial charge in [0, 0.05) is 24.1 Å². The Morgan fingerprint density at radius 3 is 2.46 bits per heavy atom. The van der Waals surface area contributed by atoms with Crippen molar-refractivity contribution >= 4 is 32.6 Å². The Bertz CT molecular complexity index is 1120. The number of halogens is 1. The molecule has 3 rings (SSSR count). The van der Waals surface area contributed by atoms with E-state index in [1.807, 2.05) is 0 Å². The van der Waals surface area contributed by atoms with E-state index in [9.17, 15) is 22.7 Å². The molecule has 1 heterocycles. The van der Waals surface area contributed by atoms with Crippen LogP contribution in [-0.4, -0.2) is 45.9 Å². The number of hydrogen-bond donors (Lipinski definition) is 2. The fourth-order valence-electron chi connectivity index (χ4n) is 2.97. The zero-order chi connectivity index (χ0) is 20.5. The van der Waals surface area contributed by atoms with Crippen LogP contribution < -0.4 is 9.62 Å². The zero-order valence-corrected chi connectivity index (χ0v) is 16.1. The third-order valence-corrected chi connectivity index (χ3v) is 5.42. The molecule has 3 aromatic rings. The van der Waals surface area contributed by atoms with E-state index in [-0.39, 0.29) is 30.4 Å². The summed E-state index contributed by atoms with van der Waals surface area (Å²) in [6.45, 7) is -0.467. The summed E-state index contributed by atoms with van der Waals surface area (Å²) in [5, 5.41) is 12.2. The van der Waals surface area contributed by atoms with Crippen LogP contribution in [0.5, 0.6) is 0 Å². The number of carbonyl (C=O) groups excluding carboxylic acids is 1. The number of fused-ring (bicyclic) bond motifs is 1. The van der Waals surface area contributed by atoms with Crippen molar-refractivity contribution in [1.29, 1.82) is 0 Å². The molecule has 0 saturated heterocycles. The normalized spacial score (nSPS) is 11.6. The second-order valence-corrected chi connectivity index (χ2v) is 8.04. The number of hydrogen-bond acceptors (Lipinski definition) is 5. The van der Waals surface area contributed by atoms with Crippen molar-refractivity contribution in [3.63, 3.8) is 0 Å². The van der Waals surface area contributed by atoms with E-state index in [0.717, 1.165) is 10.6 Å². The summed E-state index contributed by atoms with van der Waals surface area (Å²) in [7, 11) is -2.14. The van der Waals surface area contributed by atoms with Crippen LogP contribution in [0.4, 0.5) is 10.1 Å². The molecular formula is C19H19FN2O5S. The second kappa shape index (κ2) is 7.61. The number of sulfonamides is 1. The molecule has 0 radical (unpaired) electrons. The SMILES string of the molecule is CNC(=O)c1c(-c2ccc(F)cc2)oc2cc(N(CCO)S(C)(=O)=O)ccc12. The molecular weight excluding hydrogens is 387 g/mol. The van der Waals surface area contributed by atoms with Crippen molar-refractivity contribution in [2.75, 3.05) is 30.8 Å². The summed E-state index contributed by atoms with van der Waals surface area (Å²) in [6, 6.07) is 10.1. The third-order valence-electron chi connectivity index (χ3n) is 4.23. The second-order valence-electron chi connectivity index (χ2n) is 6.13. The summed E-state index contributed by atoms with van der Waals surface area (Å²) in [5.41, 5.74) is 1.37. The highest BCUT2D eigenvalue weighted by molar-refractivity contribution is 7.92. The maximum absolute atomic E-state index is 13.3. The lowest BCUT2D eigenvalue weighted by atomic mass is 10.0. The van der Waals surface area contributed by atoms with Gasteiger partial charge in [-0.3, -0.25) is 9.10 Å². The predicted molar refractivity (Wildman–Crippen MR) is 104 cm³/mol. The molecule has 1 amide bonds. The van der Waals surface area contributed by atoms with Gasteiger partial charge >= 0.3 is 0 Å². The van der Waals surface area contributed by atoms with Crippen LogP contribution in [0.1, 0.15) is 10.4 Å². The first-order chi connectivity index (χ1) is 13.3. The summed E-state index contributed by atoms with van der Waals surface area (Å²) in [5.74, 6) is -0.558. The molecule has 2 N–H and O–H groups in total. The first-order valence-electron chi connectivity index (χ1n) is 8.39. The average molecular weight is 406 g/mol.